The molecule has 0 saturated heterocycles. The van der Waals surface area contributed by atoms with E-state index in [0.717, 1.165) is 11.1 Å². The molecule has 0 heterocycles. The Hall–Kier alpha value is -4.43. The van der Waals surface area contributed by atoms with Crippen LogP contribution in [-0.4, -0.2) is 27.1 Å². The molecule has 0 atom stereocenters. The van der Waals surface area contributed by atoms with Crippen molar-refractivity contribution in [1.29, 1.82) is 0 Å². The highest BCUT2D eigenvalue weighted by Crippen LogP contribution is 2.30. The summed E-state index contributed by atoms with van der Waals surface area (Å²) in [6, 6.07) is 31.4. The van der Waals surface area contributed by atoms with Crippen molar-refractivity contribution in [3.05, 3.63) is 126 Å². The van der Waals surface area contributed by atoms with E-state index in [0.29, 0.717) is 11.5 Å². The second-order valence-electron chi connectivity index (χ2n) is 8.19. The Bertz CT molecular complexity index is 1490. The van der Waals surface area contributed by atoms with Crippen LogP contribution in [0.5, 0.6) is 5.75 Å². The van der Waals surface area contributed by atoms with Gasteiger partial charge in [-0.05, 0) is 54.4 Å². The van der Waals surface area contributed by atoms with Crippen LogP contribution in [0.15, 0.2) is 119 Å². The van der Waals surface area contributed by atoms with Crippen molar-refractivity contribution < 1.29 is 17.9 Å². The van der Waals surface area contributed by atoms with Crippen LogP contribution in [0.1, 0.15) is 28.4 Å². The van der Waals surface area contributed by atoms with Gasteiger partial charge in [-0.25, -0.2) is 13.8 Å². The first kappa shape index (κ1) is 25.7. The summed E-state index contributed by atoms with van der Waals surface area (Å²) in [4.78, 5) is 13.3. The SMILES string of the molecule is COc1ccc(S(=O)(=O)N(Cc2ccccc2)c2ccccc2C(=O)N/N=C(/C)c2ccccc2)cc1. The molecule has 188 valence electrons. The number of hydrogen-bond donors (Lipinski definition) is 1. The fourth-order valence-electron chi connectivity index (χ4n) is 3.75. The summed E-state index contributed by atoms with van der Waals surface area (Å²) in [6.45, 7) is 1.82. The Balaban J connectivity index is 1.73. The monoisotopic (exact) mass is 513 g/mol. The van der Waals surface area contributed by atoms with E-state index in [-0.39, 0.29) is 22.7 Å². The Kier molecular flexibility index (Phi) is 8.00. The summed E-state index contributed by atoms with van der Waals surface area (Å²) in [7, 11) is -2.53. The minimum atomic E-state index is -4.05. The van der Waals surface area contributed by atoms with E-state index >= 15 is 0 Å². The van der Waals surface area contributed by atoms with Gasteiger partial charge in [0.1, 0.15) is 5.75 Å². The summed E-state index contributed by atoms with van der Waals surface area (Å²) in [5.74, 6) is 0.0221. The number of anilines is 1. The van der Waals surface area contributed by atoms with Crippen LogP contribution < -0.4 is 14.5 Å². The summed E-state index contributed by atoms with van der Waals surface area (Å²) in [5, 5.41) is 4.23. The Morgan fingerprint density at radius 3 is 2.08 bits per heavy atom. The number of methoxy groups -OCH3 is 1. The Labute approximate surface area is 217 Å². The van der Waals surface area contributed by atoms with Gasteiger partial charge in [0, 0.05) is 0 Å². The maximum Gasteiger partial charge on any atom is 0.273 e. The number of carbonyl (C=O) groups excluding carboxylic acids is 1. The van der Waals surface area contributed by atoms with Crippen LogP contribution in [0.25, 0.3) is 0 Å². The van der Waals surface area contributed by atoms with Gasteiger partial charge in [0.2, 0.25) is 0 Å². The number of carbonyl (C=O) groups is 1. The molecular weight excluding hydrogens is 486 g/mol. The van der Waals surface area contributed by atoms with Crippen LogP contribution in [0.4, 0.5) is 5.69 Å². The normalized spacial score (nSPS) is 11.6. The highest BCUT2D eigenvalue weighted by Gasteiger charge is 2.28. The number of ether oxygens (including phenoxy) is 1. The van der Waals surface area contributed by atoms with Crippen LogP contribution in [0.3, 0.4) is 0 Å². The Morgan fingerprint density at radius 1 is 0.838 bits per heavy atom. The number of para-hydroxylation sites is 1. The van der Waals surface area contributed by atoms with Crippen LogP contribution >= 0.6 is 0 Å². The molecule has 0 aliphatic heterocycles. The fourth-order valence-corrected chi connectivity index (χ4v) is 5.22. The van der Waals surface area contributed by atoms with Gasteiger partial charge in [0.25, 0.3) is 15.9 Å². The first-order valence-electron chi connectivity index (χ1n) is 11.6. The van der Waals surface area contributed by atoms with Gasteiger partial charge in [-0.1, -0.05) is 72.8 Å². The number of rotatable bonds is 9. The topological polar surface area (TPSA) is 88.1 Å². The maximum atomic E-state index is 13.9. The van der Waals surface area contributed by atoms with E-state index < -0.39 is 15.9 Å². The van der Waals surface area contributed by atoms with Crippen molar-refractivity contribution >= 4 is 27.3 Å². The highest BCUT2D eigenvalue weighted by atomic mass is 32.2. The van der Waals surface area contributed by atoms with Crippen molar-refractivity contribution in [1.82, 2.24) is 5.43 Å². The predicted molar refractivity (Wildman–Crippen MR) is 145 cm³/mol. The molecule has 0 radical (unpaired) electrons. The number of hydrazone groups is 1. The van der Waals surface area contributed by atoms with E-state index in [9.17, 15) is 13.2 Å². The number of benzene rings is 4. The third-order valence-electron chi connectivity index (χ3n) is 5.75. The minimum Gasteiger partial charge on any atom is -0.497 e. The van der Waals surface area contributed by atoms with Gasteiger partial charge < -0.3 is 4.74 Å². The maximum absolute atomic E-state index is 13.9. The van der Waals surface area contributed by atoms with Crippen molar-refractivity contribution in [2.24, 2.45) is 5.10 Å². The molecule has 0 aromatic heterocycles. The smallest absolute Gasteiger partial charge is 0.273 e. The average Bonchev–Trinajstić information content (AvgIpc) is 2.95. The lowest BCUT2D eigenvalue weighted by atomic mass is 10.1. The van der Waals surface area contributed by atoms with E-state index in [1.807, 2.05) is 60.7 Å². The second kappa shape index (κ2) is 11.5. The van der Waals surface area contributed by atoms with Crippen LogP contribution in [0.2, 0.25) is 0 Å². The first-order valence-corrected chi connectivity index (χ1v) is 13.0. The zero-order chi connectivity index (χ0) is 26.3. The van der Waals surface area contributed by atoms with Crippen molar-refractivity contribution in [2.45, 2.75) is 18.4 Å². The molecule has 7 nitrogen and oxygen atoms in total. The first-order chi connectivity index (χ1) is 17.9. The van der Waals surface area contributed by atoms with E-state index in [1.54, 1.807) is 43.3 Å². The zero-order valence-electron chi connectivity index (χ0n) is 20.5. The van der Waals surface area contributed by atoms with E-state index in [4.69, 9.17) is 4.74 Å². The number of hydrogen-bond acceptors (Lipinski definition) is 5. The summed E-state index contributed by atoms with van der Waals surface area (Å²) in [5.41, 5.74) is 5.26. The third kappa shape index (κ3) is 6.05. The van der Waals surface area contributed by atoms with Gasteiger partial charge in [-0.3, -0.25) is 9.10 Å². The lowest BCUT2D eigenvalue weighted by Crippen LogP contribution is -2.33. The molecule has 1 amide bonds. The zero-order valence-corrected chi connectivity index (χ0v) is 21.4. The molecule has 0 saturated carbocycles. The molecule has 0 unspecified atom stereocenters. The Morgan fingerprint density at radius 2 is 1.43 bits per heavy atom. The molecule has 4 aromatic rings. The van der Waals surface area contributed by atoms with Gasteiger partial charge in [0.05, 0.1) is 35.5 Å². The van der Waals surface area contributed by atoms with Gasteiger partial charge in [-0.15, -0.1) is 0 Å². The van der Waals surface area contributed by atoms with Crippen molar-refractivity contribution in [3.63, 3.8) is 0 Å². The predicted octanol–water partition coefficient (Wildman–Crippen LogP) is 5.24. The van der Waals surface area contributed by atoms with Gasteiger partial charge >= 0.3 is 0 Å². The number of nitrogens with one attached hydrogen (secondary N) is 1. The minimum absolute atomic E-state index is 0.0335. The molecule has 0 fully saturated rings. The molecule has 8 heteroatoms. The quantitative estimate of drug-likeness (QED) is 0.245. The molecule has 0 aliphatic rings. The molecule has 4 aromatic carbocycles. The number of sulfonamides is 1. The molecule has 37 heavy (non-hydrogen) atoms. The van der Waals surface area contributed by atoms with Crippen molar-refractivity contribution in [3.8, 4) is 5.75 Å². The highest BCUT2D eigenvalue weighted by molar-refractivity contribution is 7.92. The number of nitrogens with zero attached hydrogens (tertiary/aromatic N) is 2. The summed E-state index contributed by atoms with van der Waals surface area (Å²) >= 11 is 0. The average molecular weight is 514 g/mol. The largest absolute Gasteiger partial charge is 0.497 e. The molecular formula is C29H27N3O4S. The molecule has 1 N–H and O–H groups in total. The van der Waals surface area contributed by atoms with Crippen molar-refractivity contribution in [2.75, 3.05) is 11.4 Å². The standard InChI is InChI=1S/C29H27N3O4S/c1-22(24-13-7-4-8-14-24)30-31-29(33)27-15-9-10-16-28(27)32(21-23-11-5-3-6-12-23)37(34,35)26-19-17-25(36-2)18-20-26/h3-20H,21H2,1-2H3,(H,31,33)/b30-22-. The van der Waals surface area contributed by atoms with Crippen LogP contribution in [0, 0.1) is 0 Å². The summed E-state index contributed by atoms with van der Waals surface area (Å²) in [6.07, 6.45) is 0. The lowest BCUT2D eigenvalue weighted by molar-refractivity contribution is 0.0955. The lowest BCUT2D eigenvalue weighted by Gasteiger charge is -2.26. The molecule has 0 spiro atoms. The second-order valence-corrected chi connectivity index (χ2v) is 10.1. The van der Waals surface area contributed by atoms with E-state index in [1.165, 1.54) is 23.5 Å². The van der Waals surface area contributed by atoms with Crippen LogP contribution in [-0.2, 0) is 16.6 Å². The fraction of sp³-hybridized carbons (Fsp3) is 0.103. The molecule has 4 rings (SSSR count). The summed E-state index contributed by atoms with van der Waals surface area (Å²) < 4.78 is 34.2. The molecule has 0 aliphatic carbocycles. The number of amides is 1. The third-order valence-corrected chi connectivity index (χ3v) is 7.52. The van der Waals surface area contributed by atoms with E-state index in [2.05, 4.69) is 10.5 Å². The van der Waals surface area contributed by atoms with Gasteiger partial charge in [-0.2, -0.15) is 5.10 Å². The van der Waals surface area contributed by atoms with Gasteiger partial charge in [0.15, 0.2) is 0 Å². The molecule has 0 bridgehead atoms.